The van der Waals surface area contributed by atoms with Crippen molar-refractivity contribution in [2.24, 2.45) is 5.92 Å². The molecule has 28 heavy (non-hydrogen) atoms. The molecule has 2 N–H and O–H groups in total. The minimum atomic E-state index is 0.314. The molecule has 0 amide bonds. The molecule has 5 heteroatoms. The van der Waals surface area contributed by atoms with Gasteiger partial charge in [0.15, 0.2) is 0 Å². The van der Waals surface area contributed by atoms with Crippen molar-refractivity contribution in [2.45, 2.75) is 49.9 Å². The van der Waals surface area contributed by atoms with Gasteiger partial charge in [0.2, 0.25) is 0 Å². The number of benzene rings is 1. The molecular formula is C23H30N4O. The van der Waals surface area contributed by atoms with E-state index in [1.165, 1.54) is 31.5 Å². The van der Waals surface area contributed by atoms with E-state index in [4.69, 9.17) is 4.42 Å². The standard InChI is InChI=1S/C23H30N4O/c1-2-4-16(5-3-1)19-15-27(22-17-9-12-26(13-10-17)23(19)22)14-18-6-7-21(28-18)20-8-11-24-25-20/h1-7,17,19-20,22-25H,8-15H2/t19-,20?,22+,23+/m1/s1. The molecule has 1 unspecified atom stereocenters. The molecule has 5 saturated heterocycles. The van der Waals surface area contributed by atoms with Gasteiger partial charge in [0.25, 0.3) is 0 Å². The van der Waals surface area contributed by atoms with Gasteiger partial charge in [-0.2, -0.15) is 0 Å². The first-order valence-corrected chi connectivity index (χ1v) is 11.0. The fraction of sp³-hybridized carbons (Fsp3) is 0.565. The summed E-state index contributed by atoms with van der Waals surface area (Å²) in [4.78, 5) is 5.52. The molecule has 4 atom stereocenters. The average molecular weight is 379 g/mol. The van der Waals surface area contributed by atoms with Crippen molar-refractivity contribution >= 4 is 0 Å². The van der Waals surface area contributed by atoms with Crippen LogP contribution in [0.1, 0.15) is 48.3 Å². The number of nitrogens with zero attached hydrogens (tertiary/aromatic N) is 2. The Kier molecular flexibility index (Phi) is 4.30. The maximum Gasteiger partial charge on any atom is 0.122 e. The number of rotatable bonds is 4. The number of hydrazine groups is 1. The van der Waals surface area contributed by atoms with Crippen LogP contribution in [0.2, 0.25) is 0 Å². The van der Waals surface area contributed by atoms with E-state index in [-0.39, 0.29) is 0 Å². The number of hydrogen-bond donors (Lipinski definition) is 2. The first kappa shape index (κ1) is 17.2. The lowest BCUT2D eigenvalue weighted by molar-refractivity contribution is -0.0102. The lowest BCUT2D eigenvalue weighted by atomic mass is 9.75. The molecule has 7 rings (SSSR count). The van der Waals surface area contributed by atoms with Crippen molar-refractivity contribution in [1.82, 2.24) is 20.7 Å². The van der Waals surface area contributed by atoms with Crippen molar-refractivity contribution in [2.75, 3.05) is 26.2 Å². The van der Waals surface area contributed by atoms with Crippen LogP contribution < -0.4 is 10.9 Å². The van der Waals surface area contributed by atoms with E-state index in [0.717, 1.165) is 43.5 Å². The molecule has 148 valence electrons. The van der Waals surface area contributed by atoms with Gasteiger partial charge < -0.3 is 4.42 Å². The van der Waals surface area contributed by atoms with E-state index >= 15 is 0 Å². The van der Waals surface area contributed by atoms with Crippen molar-refractivity contribution in [1.29, 1.82) is 0 Å². The Morgan fingerprint density at radius 2 is 1.82 bits per heavy atom. The summed E-state index contributed by atoms with van der Waals surface area (Å²) in [5.41, 5.74) is 8.03. The zero-order chi connectivity index (χ0) is 18.5. The SMILES string of the molecule is c1ccc([C@H]2CN(Cc3ccc(C4CCNN4)o3)[C@H]3C4CCN(CC4)[C@@H]23)cc1. The van der Waals surface area contributed by atoms with E-state index in [2.05, 4.69) is 63.1 Å². The van der Waals surface area contributed by atoms with Gasteiger partial charge in [0, 0.05) is 31.1 Å². The number of likely N-dealkylation sites (tertiary alicyclic amines) is 1. The molecule has 2 aromatic rings. The summed E-state index contributed by atoms with van der Waals surface area (Å²) >= 11 is 0. The second-order valence-electron chi connectivity index (χ2n) is 9.02. The van der Waals surface area contributed by atoms with Crippen LogP contribution in [0.25, 0.3) is 0 Å². The molecule has 0 aliphatic carbocycles. The first-order chi connectivity index (χ1) is 13.9. The van der Waals surface area contributed by atoms with Crippen LogP contribution in [-0.4, -0.2) is 48.1 Å². The monoisotopic (exact) mass is 378 g/mol. The highest BCUT2D eigenvalue weighted by Gasteiger charge is 2.53. The molecule has 0 saturated carbocycles. The molecule has 0 spiro atoms. The average Bonchev–Trinajstić information content (AvgIpc) is 3.50. The van der Waals surface area contributed by atoms with E-state index in [1.807, 2.05) is 0 Å². The van der Waals surface area contributed by atoms with Crippen molar-refractivity contribution in [3.05, 3.63) is 59.5 Å². The Morgan fingerprint density at radius 1 is 0.964 bits per heavy atom. The Balaban J connectivity index is 1.27. The summed E-state index contributed by atoms with van der Waals surface area (Å²) in [6, 6.07) is 17.2. The highest BCUT2D eigenvalue weighted by molar-refractivity contribution is 5.27. The Morgan fingerprint density at radius 3 is 2.61 bits per heavy atom. The van der Waals surface area contributed by atoms with Gasteiger partial charge in [-0.3, -0.25) is 15.2 Å². The molecular weight excluding hydrogens is 348 g/mol. The van der Waals surface area contributed by atoms with Gasteiger partial charge >= 0.3 is 0 Å². The van der Waals surface area contributed by atoms with Crippen LogP contribution in [0.4, 0.5) is 0 Å². The van der Waals surface area contributed by atoms with E-state index in [0.29, 0.717) is 24.0 Å². The summed E-state index contributed by atoms with van der Waals surface area (Å²) in [7, 11) is 0. The Bertz CT molecular complexity index is 807. The van der Waals surface area contributed by atoms with Crippen LogP contribution in [0, 0.1) is 5.92 Å². The van der Waals surface area contributed by atoms with Gasteiger partial charge in [0.05, 0.1) is 12.6 Å². The van der Waals surface area contributed by atoms with E-state index in [1.54, 1.807) is 0 Å². The molecule has 2 bridgehead atoms. The minimum absolute atomic E-state index is 0.314. The van der Waals surface area contributed by atoms with E-state index in [9.17, 15) is 0 Å². The van der Waals surface area contributed by atoms with Gasteiger partial charge in [-0.25, -0.2) is 5.43 Å². The van der Waals surface area contributed by atoms with Crippen LogP contribution >= 0.6 is 0 Å². The number of nitrogens with one attached hydrogen (secondary N) is 2. The van der Waals surface area contributed by atoms with Crippen molar-refractivity contribution < 1.29 is 4.42 Å². The normalized spacial score (nSPS) is 37.4. The highest BCUT2D eigenvalue weighted by atomic mass is 16.3. The minimum Gasteiger partial charge on any atom is -0.463 e. The van der Waals surface area contributed by atoms with Gasteiger partial charge in [-0.15, -0.1) is 0 Å². The lowest BCUT2D eigenvalue weighted by Gasteiger charge is -2.51. The molecule has 0 radical (unpaired) electrons. The molecule has 1 aromatic heterocycles. The maximum atomic E-state index is 6.27. The fourth-order valence-corrected chi connectivity index (χ4v) is 6.28. The molecule has 5 fully saturated rings. The Hall–Kier alpha value is -1.66. The number of hydrogen-bond acceptors (Lipinski definition) is 5. The second kappa shape index (κ2) is 6.99. The molecule has 5 aliphatic rings. The zero-order valence-corrected chi connectivity index (χ0v) is 16.4. The summed E-state index contributed by atoms with van der Waals surface area (Å²) in [5.74, 6) is 3.65. The third-order valence-corrected chi connectivity index (χ3v) is 7.54. The molecule has 6 heterocycles. The molecule has 1 aromatic carbocycles. The Labute approximate surface area is 167 Å². The predicted octanol–water partition coefficient (Wildman–Crippen LogP) is 2.88. The third-order valence-electron chi connectivity index (χ3n) is 7.54. The zero-order valence-electron chi connectivity index (χ0n) is 16.4. The van der Waals surface area contributed by atoms with Crippen molar-refractivity contribution in [3.63, 3.8) is 0 Å². The summed E-state index contributed by atoms with van der Waals surface area (Å²) in [6.45, 7) is 5.66. The topological polar surface area (TPSA) is 43.7 Å². The highest BCUT2D eigenvalue weighted by Crippen LogP contribution is 2.47. The van der Waals surface area contributed by atoms with E-state index < -0.39 is 0 Å². The van der Waals surface area contributed by atoms with Crippen LogP contribution in [0.5, 0.6) is 0 Å². The van der Waals surface area contributed by atoms with Gasteiger partial charge in [-0.05, 0) is 56.0 Å². The smallest absolute Gasteiger partial charge is 0.122 e. The number of piperidine rings is 3. The van der Waals surface area contributed by atoms with Crippen LogP contribution in [0.15, 0.2) is 46.9 Å². The summed E-state index contributed by atoms with van der Waals surface area (Å²) in [6.07, 6.45) is 3.81. The maximum absolute atomic E-state index is 6.27. The quantitative estimate of drug-likeness (QED) is 0.857. The molecule has 5 aliphatic heterocycles. The fourth-order valence-electron chi connectivity index (χ4n) is 6.28. The lowest BCUT2D eigenvalue weighted by Crippen LogP contribution is -2.59. The number of fused-ring (bicyclic) bond motifs is 2. The largest absolute Gasteiger partial charge is 0.463 e. The van der Waals surface area contributed by atoms with Crippen LogP contribution in [0.3, 0.4) is 0 Å². The summed E-state index contributed by atoms with van der Waals surface area (Å²) < 4.78 is 6.27. The van der Waals surface area contributed by atoms with Gasteiger partial charge in [-0.1, -0.05) is 30.3 Å². The summed E-state index contributed by atoms with van der Waals surface area (Å²) in [5, 5.41) is 0. The predicted molar refractivity (Wildman–Crippen MR) is 109 cm³/mol. The van der Waals surface area contributed by atoms with Crippen LogP contribution in [-0.2, 0) is 6.54 Å². The van der Waals surface area contributed by atoms with Crippen molar-refractivity contribution in [3.8, 4) is 0 Å². The first-order valence-electron chi connectivity index (χ1n) is 11.0. The molecule has 5 nitrogen and oxygen atoms in total. The third kappa shape index (κ3) is 2.84. The second-order valence-corrected chi connectivity index (χ2v) is 9.02. The number of furan rings is 1. The van der Waals surface area contributed by atoms with Gasteiger partial charge in [0.1, 0.15) is 11.5 Å².